The van der Waals surface area contributed by atoms with Crippen molar-refractivity contribution in [1.82, 2.24) is 5.32 Å². The lowest BCUT2D eigenvalue weighted by molar-refractivity contribution is 0.0873. The molecule has 3 aromatic carbocycles. The molecule has 2 aliphatic heterocycles. The Labute approximate surface area is 174 Å². The van der Waals surface area contributed by atoms with Gasteiger partial charge in [0, 0.05) is 5.02 Å². The molecule has 3 aromatic rings. The van der Waals surface area contributed by atoms with E-state index in [0.29, 0.717) is 10.8 Å². The number of hydrogen-bond donors (Lipinski definition) is 1. The quantitative estimate of drug-likeness (QED) is 0.653. The Morgan fingerprint density at radius 1 is 0.767 bits per heavy atom. The molecule has 5 rings (SSSR count). The summed E-state index contributed by atoms with van der Waals surface area (Å²) in [6, 6.07) is 15.6. The summed E-state index contributed by atoms with van der Waals surface area (Å²) in [5.41, 5.74) is 0.826. The van der Waals surface area contributed by atoms with Gasteiger partial charge >= 0.3 is 0 Å². The Hall–Kier alpha value is -3.97. The number of amides is 4. The lowest BCUT2D eigenvalue weighted by atomic mass is 10.1. The topological polar surface area (TPSA) is 92.8 Å². The van der Waals surface area contributed by atoms with Gasteiger partial charge in [0.1, 0.15) is 11.5 Å². The molecule has 0 radical (unpaired) electrons. The van der Waals surface area contributed by atoms with Gasteiger partial charge in [-0.05, 0) is 54.6 Å². The van der Waals surface area contributed by atoms with Crippen LogP contribution in [0.2, 0.25) is 5.02 Å². The fraction of sp³-hybridized carbons (Fsp3) is 0. The number of rotatable bonds is 3. The van der Waals surface area contributed by atoms with Crippen LogP contribution < -0.4 is 15.0 Å². The highest BCUT2D eigenvalue weighted by Gasteiger charge is 2.40. The number of nitrogens with one attached hydrogen (secondary N) is 1. The molecule has 8 heteroatoms. The van der Waals surface area contributed by atoms with Crippen LogP contribution in [0.5, 0.6) is 11.5 Å². The predicted octanol–water partition coefficient (Wildman–Crippen LogP) is 3.82. The standard InChI is InChI=1S/C22H11ClN2O5/c23-11-4-7-13(8-5-11)30-17-3-1-2-15-18(17)22(29)25(21(15)28)12-6-9-14-16(10-12)20(27)24-19(14)26/h1-10H,(H,24,26,27). The smallest absolute Gasteiger partial charge is 0.269 e. The van der Waals surface area contributed by atoms with Gasteiger partial charge in [-0.25, -0.2) is 4.90 Å². The van der Waals surface area contributed by atoms with Crippen LogP contribution in [0.25, 0.3) is 0 Å². The van der Waals surface area contributed by atoms with Crippen LogP contribution in [-0.2, 0) is 0 Å². The highest BCUT2D eigenvalue weighted by Crippen LogP contribution is 2.37. The lowest BCUT2D eigenvalue weighted by Gasteiger charge is -2.14. The van der Waals surface area contributed by atoms with Gasteiger partial charge in [-0.15, -0.1) is 0 Å². The Bertz CT molecular complexity index is 1280. The van der Waals surface area contributed by atoms with Crippen molar-refractivity contribution in [2.45, 2.75) is 0 Å². The molecule has 7 nitrogen and oxygen atoms in total. The van der Waals surface area contributed by atoms with Crippen molar-refractivity contribution in [1.29, 1.82) is 0 Å². The molecule has 0 atom stereocenters. The molecule has 0 aliphatic carbocycles. The molecule has 0 saturated carbocycles. The summed E-state index contributed by atoms with van der Waals surface area (Å²) in [6.45, 7) is 0. The monoisotopic (exact) mass is 418 g/mol. The molecule has 0 aromatic heterocycles. The number of imide groups is 2. The Kier molecular flexibility index (Phi) is 3.94. The molecule has 0 fully saturated rings. The van der Waals surface area contributed by atoms with Gasteiger partial charge in [0.05, 0.1) is 27.9 Å². The van der Waals surface area contributed by atoms with Crippen molar-refractivity contribution in [2.24, 2.45) is 0 Å². The normalized spacial score (nSPS) is 14.6. The second kappa shape index (κ2) is 6.53. The van der Waals surface area contributed by atoms with Gasteiger partial charge in [-0.3, -0.25) is 24.5 Å². The van der Waals surface area contributed by atoms with E-state index < -0.39 is 23.6 Å². The van der Waals surface area contributed by atoms with Crippen molar-refractivity contribution in [3.63, 3.8) is 0 Å². The number of benzene rings is 3. The number of anilines is 1. The van der Waals surface area contributed by atoms with Gasteiger partial charge in [0.25, 0.3) is 23.6 Å². The Balaban J connectivity index is 1.54. The van der Waals surface area contributed by atoms with E-state index in [9.17, 15) is 19.2 Å². The Morgan fingerprint density at radius 2 is 1.50 bits per heavy atom. The van der Waals surface area contributed by atoms with Crippen LogP contribution in [0, 0.1) is 0 Å². The van der Waals surface area contributed by atoms with Crippen LogP contribution in [0.4, 0.5) is 5.69 Å². The first-order valence-corrected chi connectivity index (χ1v) is 9.27. The number of fused-ring (bicyclic) bond motifs is 2. The molecule has 0 spiro atoms. The molecule has 0 saturated heterocycles. The van der Waals surface area contributed by atoms with Crippen LogP contribution in [-0.4, -0.2) is 23.6 Å². The maximum Gasteiger partial charge on any atom is 0.269 e. The first kappa shape index (κ1) is 18.1. The molecule has 4 amide bonds. The average Bonchev–Trinajstić information content (AvgIpc) is 3.17. The second-order valence-corrected chi connectivity index (χ2v) is 7.13. The van der Waals surface area contributed by atoms with Crippen molar-refractivity contribution < 1.29 is 23.9 Å². The minimum absolute atomic E-state index is 0.117. The van der Waals surface area contributed by atoms with E-state index in [1.807, 2.05) is 0 Å². The zero-order valence-electron chi connectivity index (χ0n) is 15.1. The molecule has 1 N–H and O–H groups in total. The fourth-order valence-electron chi connectivity index (χ4n) is 3.50. The summed E-state index contributed by atoms with van der Waals surface area (Å²) >= 11 is 5.89. The number of carbonyl (C=O) groups excluding carboxylic acids is 4. The van der Waals surface area contributed by atoms with Crippen LogP contribution in [0.3, 0.4) is 0 Å². The highest BCUT2D eigenvalue weighted by atomic mass is 35.5. The van der Waals surface area contributed by atoms with Crippen LogP contribution in [0.15, 0.2) is 60.7 Å². The molecule has 146 valence electrons. The SMILES string of the molecule is O=C1NC(=O)c2cc(N3C(=O)c4cccc(Oc5ccc(Cl)cc5)c4C3=O)ccc21. The highest BCUT2D eigenvalue weighted by molar-refractivity contribution is 6.35. The van der Waals surface area contributed by atoms with Crippen molar-refractivity contribution in [2.75, 3.05) is 4.90 Å². The van der Waals surface area contributed by atoms with Gasteiger partial charge in [0.15, 0.2) is 0 Å². The second-order valence-electron chi connectivity index (χ2n) is 6.69. The average molecular weight is 419 g/mol. The van der Waals surface area contributed by atoms with E-state index in [1.54, 1.807) is 36.4 Å². The van der Waals surface area contributed by atoms with Gasteiger partial charge in [-0.1, -0.05) is 17.7 Å². The summed E-state index contributed by atoms with van der Waals surface area (Å²) < 4.78 is 5.82. The fourth-order valence-corrected chi connectivity index (χ4v) is 3.62. The largest absolute Gasteiger partial charge is 0.457 e. The number of hydrogen-bond acceptors (Lipinski definition) is 5. The molecule has 0 unspecified atom stereocenters. The zero-order chi connectivity index (χ0) is 21.0. The Morgan fingerprint density at radius 3 is 2.27 bits per heavy atom. The van der Waals surface area contributed by atoms with Crippen molar-refractivity contribution >= 4 is 40.9 Å². The first-order valence-electron chi connectivity index (χ1n) is 8.89. The number of halogens is 1. The molecule has 2 heterocycles. The van der Waals surface area contributed by atoms with E-state index in [2.05, 4.69) is 5.32 Å². The van der Waals surface area contributed by atoms with E-state index in [1.165, 1.54) is 24.3 Å². The minimum Gasteiger partial charge on any atom is -0.457 e. The zero-order valence-corrected chi connectivity index (χ0v) is 15.9. The summed E-state index contributed by atoms with van der Waals surface area (Å²) in [4.78, 5) is 50.8. The van der Waals surface area contributed by atoms with Crippen LogP contribution >= 0.6 is 11.6 Å². The predicted molar refractivity (Wildman–Crippen MR) is 107 cm³/mol. The minimum atomic E-state index is -0.579. The summed E-state index contributed by atoms with van der Waals surface area (Å²) in [5, 5.41) is 2.72. The summed E-state index contributed by atoms with van der Waals surface area (Å²) in [5.74, 6) is -1.52. The van der Waals surface area contributed by atoms with Gasteiger partial charge < -0.3 is 4.74 Å². The third-order valence-corrected chi connectivity index (χ3v) is 5.15. The van der Waals surface area contributed by atoms with E-state index >= 15 is 0 Å². The molecule has 2 aliphatic rings. The molecular weight excluding hydrogens is 408 g/mol. The first-order chi connectivity index (χ1) is 14.4. The summed E-state index contributed by atoms with van der Waals surface area (Å²) in [6.07, 6.45) is 0. The molecule has 30 heavy (non-hydrogen) atoms. The van der Waals surface area contributed by atoms with Crippen molar-refractivity contribution in [3.8, 4) is 11.5 Å². The van der Waals surface area contributed by atoms with E-state index in [0.717, 1.165) is 4.90 Å². The number of ether oxygens (including phenoxy) is 1. The summed E-state index contributed by atoms with van der Waals surface area (Å²) in [7, 11) is 0. The number of carbonyl (C=O) groups is 4. The van der Waals surface area contributed by atoms with Gasteiger partial charge in [0.2, 0.25) is 0 Å². The van der Waals surface area contributed by atoms with Crippen LogP contribution in [0.1, 0.15) is 41.4 Å². The van der Waals surface area contributed by atoms with Crippen molar-refractivity contribution in [3.05, 3.63) is 87.9 Å². The maximum absolute atomic E-state index is 13.2. The van der Waals surface area contributed by atoms with Gasteiger partial charge in [-0.2, -0.15) is 0 Å². The molecule has 0 bridgehead atoms. The van der Waals surface area contributed by atoms with E-state index in [-0.39, 0.29) is 33.7 Å². The third kappa shape index (κ3) is 2.67. The number of nitrogens with zero attached hydrogens (tertiary/aromatic N) is 1. The molecular formula is C22H11ClN2O5. The third-order valence-electron chi connectivity index (χ3n) is 4.90. The lowest BCUT2D eigenvalue weighted by Crippen LogP contribution is -2.29. The maximum atomic E-state index is 13.2. The van der Waals surface area contributed by atoms with E-state index in [4.69, 9.17) is 16.3 Å².